The molecule has 2 aliphatic rings. The zero-order valence-electron chi connectivity index (χ0n) is 28.8. The monoisotopic (exact) mass is 659 g/mol. The molecule has 1 nitrogen and oxygen atoms in total. The van der Waals surface area contributed by atoms with E-state index < -0.39 is 0 Å². The van der Waals surface area contributed by atoms with Crippen LogP contribution < -0.4 is 4.90 Å². The fourth-order valence-electron chi connectivity index (χ4n) is 8.98. The molecule has 10 rings (SSSR count). The van der Waals surface area contributed by atoms with Crippen molar-refractivity contribution in [2.24, 2.45) is 0 Å². The summed E-state index contributed by atoms with van der Waals surface area (Å²) in [5.41, 5.74) is 17.0. The predicted octanol–water partition coefficient (Wildman–Crippen LogP) is 13.8. The number of fused-ring (bicyclic) bond motifs is 9. The summed E-state index contributed by atoms with van der Waals surface area (Å²) in [5, 5.41) is 2.66. The third-order valence-electron chi connectivity index (χ3n) is 11.4. The van der Waals surface area contributed by atoms with Gasteiger partial charge in [-0.3, -0.25) is 0 Å². The summed E-state index contributed by atoms with van der Waals surface area (Å²) in [4.78, 5) is 2.44. The van der Waals surface area contributed by atoms with Gasteiger partial charge in [0.15, 0.2) is 0 Å². The lowest BCUT2D eigenvalue weighted by atomic mass is 9.81. The first-order chi connectivity index (χ1) is 24.3. The van der Waals surface area contributed by atoms with E-state index in [1.807, 2.05) is 11.3 Å². The van der Waals surface area contributed by atoms with Crippen molar-refractivity contribution in [2.75, 3.05) is 4.90 Å². The van der Waals surface area contributed by atoms with Gasteiger partial charge >= 0.3 is 0 Å². The lowest BCUT2D eigenvalue weighted by Crippen LogP contribution is -2.16. The van der Waals surface area contributed by atoms with Gasteiger partial charge in [-0.15, -0.1) is 11.3 Å². The van der Waals surface area contributed by atoms with Crippen molar-refractivity contribution in [3.8, 4) is 33.4 Å². The zero-order chi connectivity index (χ0) is 33.8. The lowest BCUT2D eigenvalue weighted by Gasteiger charge is -2.28. The molecule has 0 radical (unpaired) electrons. The van der Waals surface area contributed by atoms with Gasteiger partial charge in [0.1, 0.15) is 0 Å². The fraction of sp³-hybridized carbons (Fsp3) is 0.125. The van der Waals surface area contributed by atoms with Crippen LogP contribution in [0.1, 0.15) is 49.9 Å². The molecule has 0 bridgehead atoms. The number of hydrogen-bond acceptors (Lipinski definition) is 2. The molecule has 50 heavy (non-hydrogen) atoms. The van der Waals surface area contributed by atoms with Crippen LogP contribution in [0.5, 0.6) is 0 Å². The molecule has 1 aromatic heterocycles. The highest BCUT2D eigenvalue weighted by molar-refractivity contribution is 7.26. The Balaban J connectivity index is 1.24. The minimum atomic E-state index is -0.0765. The molecule has 0 saturated carbocycles. The second kappa shape index (κ2) is 10.5. The van der Waals surface area contributed by atoms with Gasteiger partial charge in [-0.05, 0) is 104 Å². The van der Waals surface area contributed by atoms with E-state index in [2.05, 4.69) is 184 Å². The van der Waals surface area contributed by atoms with Crippen molar-refractivity contribution in [3.05, 3.63) is 174 Å². The lowest BCUT2D eigenvalue weighted by molar-refractivity contribution is 0.660. The van der Waals surface area contributed by atoms with E-state index in [-0.39, 0.29) is 10.8 Å². The predicted molar refractivity (Wildman–Crippen MR) is 215 cm³/mol. The van der Waals surface area contributed by atoms with Gasteiger partial charge < -0.3 is 4.90 Å². The Labute approximate surface area is 298 Å². The van der Waals surface area contributed by atoms with Crippen LogP contribution in [0.3, 0.4) is 0 Å². The third kappa shape index (κ3) is 4.06. The maximum atomic E-state index is 2.50. The Bertz CT molecular complexity index is 2640. The third-order valence-corrected chi connectivity index (χ3v) is 12.6. The first kappa shape index (κ1) is 29.5. The molecule has 0 fully saturated rings. The van der Waals surface area contributed by atoms with E-state index in [0.29, 0.717) is 0 Å². The van der Waals surface area contributed by atoms with Crippen LogP contribution in [-0.2, 0) is 10.8 Å². The second-order valence-electron chi connectivity index (χ2n) is 14.9. The molecule has 0 atom stereocenters. The summed E-state index contributed by atoms with van der Waals surface area (Å²) in [5.74, 6) is 0. The van der Waals surface area contributed by atoms with Crippen molar-refractivity contribution < 1.29 is 0 Å². The minimum Gasteiger partial charge on any atom is -0.310 e. The van der Waals surface area contributed by atoms with E-state index in [4.69, 9.17) is 0 Å². The number of hydrogen-bond donors (Lipinski definition) is 0. The van der Waals surface area contributed by atoms with Gasteiger partial charge in [0.25, 0.3) is 0 Å². The van der Waals surface area contributed by atoms with E-state index in [1.54, 1.807) is 0 Å². The van der Waals surface area contributed by atoms with E-state index >= 15 is 0 Å². The topological polar surface area (TPSA) is 3.24 Å². The smallest absolute Gasteiger partial charge is 0.0468 e. The number of nitrogens with zero attached hydrogens (tertiary/aromatic N) is 1. The van der Waals surface area contributed by atoms with Gasteiger partial charge in [0, 0.05) is 48.1 Å². The van der Waals surface area contributed by atoms with Crippen LogP contribution in [0.2, 0.25) is 0 Å². The number of benzene rings is 7. The van der Waals surface area contributed by atoms with Crippen LogP contribution in [0.25, 0.3) is 53.6 Å². The molecule has 240 valence electrons. The van der Waals surface area contributed by atoms with E-state index in [0.717, 1.165) is 11.4 Å². The number of anilines is 3. The molecule has 2 heteroatoms. The first-order valence-electron chi connectivity index (χ1n) is 17.6. The highest BCUT2D eigenvalue weighted by atomic mass is 32.1. The van der Waals surface area contributed by atoms with Crippen molar-refractivity contribution >= 4 is 48.6 Å². The summed E-state index contributed by atoms with van der Waals surface area (Å²) >= 11 is 1.92. The molecule has 0 N–H and O–H groups in total. The summed E-state index contributed by atoms with van der Waals surface area (Å²) < 4.78 is 2.66. The highest BCUT2D eigenvalue weighted by Gasteiger charge is 2.39. The molecular formula is C48H37NS. The van der Waals surface area contributed by atoms with Crippen molar-refractivity contribution in [3.63, 3.8) is 0 Å². The normalized spacial score (nSPS) is 14.7. The zero-order valence-corrected chi connectivity index (χ0v) is 29.6. The maximum absolute atomic E-state index is 2.50. The maximum Gasteiger partial charge on any atom is 0.0468 e. The molecule has 0 aliphatic heterocycles. The fourth-order valence-corrected chi connectivity index (χ4v) is 10.1. The Kier molecular flexibility index (Phi) is 6.21. The van der Waals surface area contributed by atoms with E-state index in [1.165, 1.54) is 81.5 Å². The number of thiophene rings is 1. The second-order valence-corrected chi connectivity index (χ2v) is 16.0. The molecule has 1 heterocycles. The first-order valence-corrected chi connectivity index (χ1v) is 18.4. The molecule has 0 unspecified atom stereocenters. The number of para-hydroxylation sites is 1. The van der Waals surface area contributed by atoms with Crippen molar-refractivity contribution in [1.82, 2.24) is 0 Å². The summed E-state index contributed by atoms with van der Waals surface area (Å²) in [6.07, 6.45) is 0. The highest BCUT2D eigenvalue weighted by Crippen LogP contribution is 2.57. The molecule has 7 aromatic carbocycles. The Morgan fingerprint density at radius 2 is 1.00 bits per heavy atom. The molecular weight excluding hydrogens is 623 g/mol. The standard InChI is InChI=1S/C48H37NS/c1-47(2)38-21-13-11-19-34(38)35-25-23-33(28-40(35)47)49(31-17-9-6-10-18-31)32-24-26-42-37(27-32)46-43(50-42)29-41-45(44(46)30-15-7-5-8-16-30)36-20-12-14-22-39(36)48(41,3)4/h5-29H,1-4H3. The molecule has 0 amide bonds. The average molecular weight is 660 g/mol. The Hall–Kier alpha value is -5.44. The quantitative estimate of drug-likeness (QED) is 0.182. The Morgan fingerprint density at radius 3 is 1.76 bits per heavy atom. The molecule has 8 aromatic rings. The van der Waals surface area contributed by atoms with Crippen LogP contribution in [0, 0.1) is 0 Å². The van der Waals surface area contributed by atoms with Crippen LogP contribution >= 0.6 is 11.3 Å². The van der Waals surface area contributed by atoms with Gasteiger partial charge in [-0.1, -0.05) is 131 Å². The summed E-state index contributed by atoms with van der Waals surface area (Å²) in [7, 11) is 0. The SMILES string of the molecule is CC1(C)c2ccccc2-c2ccc(N(c3ccccc3)c3ccc4sc5cc6c(c(-c7ccccc7)c5c4c3)-c3ccccc3C6(C)C)cc21. The van der Waals surface area contributed by atoms with Crippen molar-refractivity contribution in [1.29, 1.82) is 0 Å². The largest absolute Gasteiger partial charge is 0.310 e. The van der Waals surface area contributed by atoms with Gasteiger partial charge in [0.05, 0.1) is 0 Å². The van der Waals surface area contributed by atoms with Crippen molar-refractivity contribution in [2.45, 2.75) is 38.5 Å². The minimum absolute atomic E-state index is 0.0733. The van der Waals surface area contributed by atoms with E-state index in [9.17, 15) is 0 Å². The summed E-state index contributed by atoms with van der Waals surface area (Å²) in [6.45, 7) is 9.50. The Morgan fingerprint density at radius 1 is 0.420 bits per heavy atom. The van der Waals surface area contributed by atoms with Crippen LogP contribution in [-0.4, -0.2) is 0 Å². The summed E-state index contributed by atoms with van der Waals surface area (Å²) in [6, 6.07) is 56.5. The van der Waals surface area contributed by atoms with Gasteiger partial charge in [0.2, 0.25) is 0 Å². The van der Waals surface area contributed by atoms with Gasteiger partial charge in [-0.2, -0.15) is 0 Å². The molecule has 2 aliphatic carbocycles. The number of rotatable bonds is 4. The molecule has 0 saturated heterocycles. The van der Waals surface area contributed by atoms with Crippen LogP contribution in [0.15, 0.2) is 152 Å². The van der Waals surface area contributed by atoms with Crippen LogP contribution in [0.4, 0.5) is 17.1 Å². The van der Waals surface area contributed by atoms with Gasteiger partial charge in [-0.25, -0.2) is 0 Å². The average Bonchev–Trinajstić information content (AvgIpc) is 3.71. The molecule has 0 spiro atoms.